The standard InChI is InChI=1S/C23H25N5O3S/c29-21(28-12-10-27(11-13-28)17-5-2-1-3-6-17)16-26-9-8-18-20(15-26)32-23(24-18)25-22(30)19-7-4-14-31-19/h1-7,14H,8-13,15-16H2,(H,24,25,30). The number of benzene rings is 1. The molecule has 0 aliphatic carbocycles. The first-order valence-electron chi connectivity index (χ1n) is 10.8. The first-order chi connectivity index (χ1) is 15.7. The van der Waals surface area contributed by atoms with Crippen molar-refractivity contribution in [1.29, 1.82) is 0 Å². The predicted molar refractivity (Wildman–Crippen MR) is 123 cm³/mol. The van der Waals surface area contributed by atoms with Crippen LogP contribution >= 0.6 is 11.3 Å². The van der Waals surface area contributed by atoms with Crippen molar-refractivity contribution in [3.8, 4) is 0 Å². The Bertz CT molecular complexity index is 1070. The van der Waals surface area contributed by atoms with Gasteiger partial charge in [0.1, 0.15) is 0 Å². The lowest BCUT2D eigenvalue weighted by Gasteiger charge is -2.37. The fourth-order valence-corrected chi connectivity index (χ4v) is 5.19. The highest BCUT2D eigenvalue weighted by Gasteiger charge is 2.26. The lowest BCUT2D eigenvalue weighted by molar-refractivity contribution is -0.132. The Hall–Kier alpha value is -3.17. The number of rotatable bonds is 5. The van der Waals surface area contributed by atoms with Gasteiger partial charge in [-0.1, -0.05) is 18.2 Å². The molecule has 4 heterocycles. The number of anilines is 2. The summed E-state index contributed by atoms with van der Waals surface area (Å²) < 4.78 is 5.13. The molecule has 166 valence electrons. The Labute approximate surface area is 190 Å². The van der Waals surface area contributed by atoms with Crippen LogP contribution < -0.4 is 10.2 Å². The summed E-state index contributed by atoms with van der Waals surface area (Å²) in [6, 6.07) is 13.6. The minimum atomic E-state index is -0.303. The van der Waals surface area contributed by atoms with E-state index < -0.39 is 0 Å². The number of furan rings is 1. The zero-order valence-corrected chi connectivity index (χ0v) is 18.5. The molecule has 2 aromatic heterocycles. The van der Waals surface area contributed by atoms with Gasteiger partial charge in [-0.2, -0.15) is 0 Å². The second-order valence-corrected chi connectivity index (χ2v) is 9.07. The minimum Gasteiger partial charge on any atom is -0.459 e. The van der Waals surface area contributed by atoms with Crippen LogP contribution in [-0.2, 0) is 17.8 Å². The van der Waals surface area contributed by atoms with Crippen molar-refractivity contribution in [2.45, 2.75) is 13.0 Å². The Balaban J connectivity index is 1.13. The summed E-state index contributed by atoms with van der Waals surface area (Å²) in [5, 5.41) is 3.37. The van der Waals surface area contributed by atoms with Crippen molar-refractivity contribution >= 4 is 34.0 Å². The third kappa shape index (κ3) is 4.53. The van der Waals surface area contributed by atoms with Gasteiger partial charge in [0.25, 0.3) is 5.91 Å². The molecule has 5 rings (SSSR count). The smallest absolute Gasteiger partial charge is 0.293 e. The number of fused-ring (bicyclic) bond motifs is 1. The van der Waals surface area contributed by atoms with E-state index in [2.05, 4.69) is 32.2 Å². The molecule has 0 unspecified atom stereocenters. The number of nitrogens with one attached hydrogen (secondary N) is 1. The van der Waals surface area contributed by atoms with Crippen LogP contribution in [0.25, 0.3) is 0 Å². The van der Waals surface area contributed by atoms with Crippen molar-refractivity contribution in [2.24, 2.45) is 0 Å². The van der Waals surface area contributed by atoms with Crippen molar-refractivity contribution in [1.82, 2.24) is 14.8 Å². The third-order valence-electron chi connectivity index (χ3n) is 5.89. The summed E-state index contributed by atoms with van der Waals surface area (Å²) in [7, 11) is 0. The second kappa shape index (κ2) is 9.13. The monoisotopic (exact) mass is 451 g/mol. The van der Waals surface area contributed by atoms with Crippen LogP contribution in [0, 0.1) is 0 Å². The number of aromatic nitrogens is 1. The Morgan fingerprint density at radius 3 is 2.59 bits per heavy atom. The van der Waals surface area contributed by atoms with Gasteiger partial charge < -0.3 is 14.2 Å². The Morgan fingerprint density at radius 2 is 1.84 bits per heavy atom. The van der Waals surface area contributed by atoms with Crippen LogP contribution in [0.2, 0.25) is 0 Å². The lowest BCUT2D eigenvalue weighted by atomic mass is 10.2. The van der Waals surface area contributed by atoms with Gasteiger partial charge in [-0.3, -0.25) is 19.8 Å². The average Bonchev–Trinajstić information content (AvgIpc) is 3.49. The van der Waals surface area contributed by atoms with Crippen LogP contribution in [0.5, 0.6) is 0 Å². The van der Waals surface area contributed by atoms with Gasteiger partial charge in [-0.05, 0) is 24.3 Å². The molecular formula is C23H25N5O3S. The van der Waals surface area contributed by atoms with Gasteiger partial charge in [0.05, 0.1) is 18.5 Å². The SMILES string of the molecule is O=C(Nc1nc2c(s1)CN(CC(=O)N1CCN(c3ccccc3)CC1)CC2)c1ccco1. The van der Waals surface area contributed by atoms with E-state index in [1.165, 1.54) is 23.3 Å². The highest BCUT2D eigenvalue weighted by molar-refractivity contribution is 7.15. The number of carbonyl (C=O) groups is 2. The maximum absolute atomic E-state index is 12.9. The number of para-hydroxylation sites is 1. The predicted octanol–water partition coefficient (Wildman–Crippen LogP) is 2.70. The highest BCUT2D eigenvalue weighted by atomic mass is 32.1. The van der Waals surface area contributed by atoms with Gasteiger partial charge in [0.15, 0.2) is 10.9 Å². The van der Waals surface area contributed by atoms with E-state index in [1.807, 2.05) is 23.1 Å². The largest absolute Gasteiger partial charge is 0.459 e. The molecule has 2 amide bonds. The van der Waals surface area contributed by atoms with Gasteiger partial charge in [-0.25, -0.2) is 4.98 Å². The molecule has 9 heteroatoms. The summed E-state index contributed by atoms with van der Waals surface area (Å²) in [6.45, 7) is 5.09. The van der Waals surface area contributed by atoms with Crippen LogP contribution in [0.1, 0.15) is 21.1 Å². The molecule has 2 aliphatic heterocycles. The summed E-state index contributed by atoms with van der Waals surface area (Å²) >= 11 is 1.47. The van der Waals surface area contributed by atoms with Crippen LogP contribution in [-0.4, -0.2) is 65.9 Å². The van der Waals surface area contributed by atoms with E-state index in [0.29, 0.717) is 18.2 Å². The maximum atomic E-state index is 12.9. The normalized spacial score (nSPS) is 16.6. The second-order valence-electron chi connectivity index (χ2n) is 7.98. The van der Waals surface area contributed by atoms with Gasteiger partial charge in [0, 0.05) is 56.3 Å². The molecule has 2 aliphatic rings. The van der Waals surface area contributed by atoms with Crippen molar-refractivity contribution < 1.29 is 14.0 Å². The van der Waals surface area contributed by atoms with E-state index in [-0.39, 0.29) is 17.6 Å². The van der Waals surface area contributed by atoms with E-state index >= 15 is 0 Å². The van der Waals surface area contributed by atoms with Crippen LogP contribution in [0.15, 0.2) is 53.1 Å². The molecule has 0 spiro atoms. The molecular weight excluding hydrogens is 426 g/mol. The molecule has 0 bridgehead atoms. The number of hydrogen-bond acceptors (Lipinski definition) is 7. The minimum absolute atomic E-state index is 0.178. The number of amides is 2. The number of carbonyl (C=O) groups excluding carboxylic acids is 2. The van der Waals surface area contributed by atoms with Crippen LogP contribution in [0.3, 0.4) is 0 Å². The number of hydrogen-bond donors (Lipinski definition) is 1. The summed E-state index contributed by atoms with van der Waals surface area (Å²) in [6.07, 6.45) is 2.25. The van der Waals surface area contributed by atoms with E-state index in [1.54, 1.807) is 12.1 Å². The molecule has 0 radical (unpaired) electrons. The molecule has 1 fully saturated rings. The van der Waals surface area contributed by atoms with Gasteiger partial charge >= 0.3 is 0 Å². The molecule has 1 N–H and O–H groups in total. The quantitative estimate of drug-likeness (QED) is 0.642. The first-order valence-corrected chi connectivity index (χ1v) is 11.6. The molecule has 0 atom stereocenters. The van der Waals surface area contributed by atoms with Crippen LogP contribution in [0.4, 0.5) is 10.8 Å². The molecule has 0 saturated carbocycles. The first kappa shape index (κ1) is 20.7. The third-order valence-corrected chi connectivity index (χ3v) is 6.89. The average molecular weight is 452 g/mol. The number of nitrogens with zero attached hydrogens (tertiary/aromatic N) is 4. The zero-order chi connectivity index (χ0) is 21.9. The van der Waals surface area contributed by atoms with Gasteiger partial charge in [-0.15, -0.1) is 11.3 Å². The lowest BCUT2D eigenvalue weighted by Crippen LogP contribution is -2.51. The Kier molecular flexibility index (Phi) is 5.91. The number of thiazole rings is 1. The highest BCUT2D eigenvalue weighted by Crippen LogP contribution is 2.28. The number of piperazine rings is 1. The molecule has 1 saturated heterocycles. The van der Waals surface area contributed by atoms with E-state index in [0.717, 1.165) is 49.7 Å². The zero-order valence-electron chi connectivity index (χ0n) is 17.7. The van der Waals surface area contributed by atoms with Crippen molar-refractivity contribution in [2.75, 3.05) is 49.5 Å². The fourth-order valence-electron chi connectivity index (χ4n) is 4.15. The topological polar surface area (TPSA) is 81.9 Å². The maximum Gasteiger partial charge on any atom is 0.293 e. The fraction of sp³-hybridized carbons (Fsp3) is 0.348. The summed E-state index contributed by atoms with van der Waals surface area (Å²) in [5.74, 6) is 0.137. The molecule has 32 heavy (non-hydrogen) atoms. The molecule has 1 aromatic carbocycles. The molecule has 8 nitrogen and oxygen atoms in total. The van der Waals surface area contributed by atoms with Crippen molar-refractivity contribution in [3.05, 3.63) is 65.1 Å². The molecule has 3 aromatic rings. The van der Waals surface area contributed by atoms with E-state index in [9.17, 15) is 9.59 Å². The van der Waals surface area contributed by atoms with Crippen molar-refractivity contribution in [3.63, 3.8) is 0 Å². The van der Waals surface area contributed by atoms with E-state index in [4.69, 9.17) is 4.42 Å². The summed E-state index contributed by atoms with van der Waals surface area (Å²) in [5.41, 5.74) is 2.22. The summed E-state index contributed by atoms with van der Waals surface area (Å²) in [4.78, 5) is 37.2. The van der Waals surface area contributed by atoms with Gasteiger partial charge in [0.2, 0.25) is 5.91 Å². The Morgan fingerprint density at radius 1 is 1.03 bits per heavy atom.